The minimum Gasteiger partial charge on any atom is -0.305 e. The monoisotopic (exact) mass is 311 g/mol. The highest BCUT2D eigenvalue weighted by Crippen LogP contribution is 2.16. The first-order valence-electron chi connectivity index (χ1n) is 4.88. The zero-order valence-electron chi connectivity index (χ0n) is 8.91. The molecule has 7 heteroatoms. The molecule has 0 saturated carbocycles. The van der Waals surface area contributed by atoms with Crippen LogP contribution in [0.1, 0.15) is 10.4 Å². The summed E-state index contributed by atoms with van der Waals surface area (Å²) < 4.78 is 13.5. The molecule has 18 heavy (non-hydrogen) atoms. The van der Waals surface area contributed by atoms with E-state index in [-0.39, 0.29) is 21.4 Å². The first-order valence-corrected chi connectivity index (χ1v) is 5.68. The number of carbonyl (C=O) groups is 1. The summed E-state index contributed by atoms with van der Waals surface area (Å²) in [7, 11) is 0. The van der Waals surface area contributed by atoms with E-state index in [0.717, 1.165) is 6.07 Å². The van der Waals surface area contributed by atoms with Crippen LogP contribution in [0.15, 0.2) is 39.6 Å². The van der Waals surface area contributed by atoms with Crippen LogP contribution in [0.2, 0.25) is 0 Å². The van der Waals surface area contributed by atoms with Gasteiger partial charge in [-0.05, 0) is 40.2 Å². The van der Waals surface area contributed by atoms with E-state index in [1.54, 1.807) is 0 Å². The Kier molecular flexibility index (Phi) is 3.52. The normalized spacial score (nSPS) is 10.1. The van der Waals surface area contributed by atoms with Crippen LogP contribution >= 0.6 is 15.9 Å². The Balaban J connectivity index is 2.19. The van der Waals surface area contributed by atoms with Gasteiger partial charge in [0.1, 0.15) is 5.82 Å². The zero-order valence-corrected chi connectivity index (χ0v) is 10.5. The third-order valence-corrected chi connectivity index (χ3v) is 2.75. The van der Waals surface area contributed by atoms with Gasteiger partial charge in [0.15, 0.2) is 5.82 Å². The lowest BCUT2D eigenvalue weighted by atomic mass is 10.2. The van der Waals surface area contributed by atoms with E-state index >= 15 is 0 Å². The number of aromatic nitrogens is 2. The van der Waals surface area contributed by atoms with Crippen LogP contribution in [-0.2, 0) is 0 Å². The Hall–Kier alpha value is -2.02. The fraction of sp³-hybridized carbons (Fsp3) is 0. The molecular formula is C11H7BrFN3O2. The quantitative estimate of drug-likeness (QED) is 0.890. The smallest absolute Gasteiger partial charge is 0.264 e. The van der Waals surface area contributed by atoms with Crippen molar-refractivity contribution in [2.45, 2.75) is 0 Å². The molecule has 1 amide bonds. The number of halogens is 2. The summed E-state index contributed by atoms with van der Waals surface area (Å²) in [5.74, 6) is -0.860. The zero-order chi connectivity index (χ0) is 13.1. The number of anilines is 1. The molecule has 0 aliphatic rings. The number of H-pyrrole nitrogens is 1. The van der Waals surface area contributed by atoms with Gasteiger partial charge in [0.2, 0.25) is 0 Å². The number of carbonyl (C=O) groups excluding carboxylic acids is 1. The molecule has 5 nitrogen and oxygen atoms in total. The highest BCUT2D eigenvalue weighted by Gasteiger charge is 2.09. The average molecular weight is 312 g/mol. The minimum atomic E-state index is -0.530. The molecule has 0 bridgehead atoms. The van der Waals surface area contributed by atoms with Crippen LogP contribution in [0.4, 0.5) is 10.2 Å². The fourth-order valence-electron chi connectivity index (χ4n) is 1.24. The number of nitrogens with one attached hydrogen (secondary N) is 2. The van der Waals surface area contributed by atoms with Crippen molar-refractivity contribution in [3.8, 4) is 0 Å². The summed E-state index contributed by atoms with van der Waals surface area (Å²) in [5, 5.41) is 8.22. The van der Waals surface area contributed by atoms with Crippen LogP contribution in [0, 0.1) is 5.82 Å². The number of nitrogens with zero attached hydrogens (tertiary/aromatic N) is 1. The van der Waals surface area contributed by atoms with Crippen LogP contribution in [0.25, 0.3) is 0 Å². The molecule has 1 heterocycles. The van der Waals surface area contributed by atoms with E-state index in [4.69, 9.17) is 0 Å². The number of benzene rings is 1. The van der Waals surface area contributed by atoms with Crippen molar-refractivity contribution in [2.24, 2.45) is 0 Å². The lowest BCUT2D eigenvalue weighted by Gasteiger charge is -2.04. The molecule has 0 atom stereocenters. The van der Waals surface area contributed by atoms with Crippen LogP contribution in [0.5, 0.6) is 0 Å². The average Bonchev–Trinajstić information content (AvgIpc) is 2.35. The topological polar surface area (TPSA) is 74.8 Å². The third kappa shape index (κ3) is 2.80. The highest BCUT2D eigenvalue weighted by molar-refractivity contribution is 9.10. The third-order valence-electron chi connectivity index (χ3n) is 2.10. The van der Waals surface area contributed by atoms with Crippen LogP contribution in [-0.4, -0.2) is 16.1 Å². The largest absolute Gasteiger partial charge is 0.305 e. The second-order valence-corrected chi connectivity index (χ2v) is 4.24. The van der Waals surface area contributed by atoms with Gasteiger partial charge in [-0.3, -0.25) is 9.59 Å². The lowest BCUT2D eigenvalue weighted by Crippen LogP contribution is -2.15. The van der Waals surface area contributed by atoms with Crippen LogP contribution in [0.3, 0.4) is 0 Å². The number of hydrogen-bond acceptors (Lipinski definition) is 3. The predicted octanol–water partition coefficient (Wildman–Crippen LogP) is 1.92. The molecule has 0 unspecified atom stereocenters. The number of amides is 1. The maximum absolute atomic E-state index is 13.2. The van der Waals surface area contributed by atoms with E-state index in [1.165, 1.54) is 24.3 Å². The molecule has 2 aromatic rings. The molecule has 1 aromatic heterocycles. The Labute approximate surface area is 109 Å². The molecule has 0 spiro atoms. The van der Waals surface area contributed by atoms with Crippen molar-refractivity contribution in [3.05, 3.63) is 56.5 Å². The Bertz CT molecular complexity index is 636. The second-order valence-electron chi connectivity index (χ2n) is 3.39. The van der Waals surface area contributed by atoms with E-state index in [2.05, 4.69) is 31.4 Å². The van der Waals surface area contributed by atoms with Gasteiger partial charge in [-0.1, -0.05) is 0 Å². The van der Waals surface area contributed by atoms with Gasteiger partial charge in [0.05, 0.1) is 4.47 Å². The number of aromatic amines is 1. The van der Waals surface area contributed by atoms with Crippen molar-refractivity contribution in [1.29, 1.82) is 0 Å². The summed E-state index contributed by atoms with van der Waals surface area (Å²) in [6, 6.07) is 6.58. The molecule has 2 N–H and O–H groups in total. The molecular weight excluding hydrogens is 305 g/mol. The Morgan fingerprint density at radius 2 is 2.11 bits per heavy atom. The van der Waals surface area contributed by atoms with Gasteiger partial charge in [-0.25, -0.2) is 9.49 Å². The van der Waals surface area contributed by atoms with Crippen molar-refractivity contribution in [1.82, 2.24) is 10.2 Å². The summed E-state index contributed by atoms with van der Waals surface area (Å²) >= 11 is 2.99. The summed E-state index contributed by atoms with van der Waals surface area (Å²) in [6.45, 7) is 0. The lowest BCUT2D eigenvalue weighted by molar-refractivity contribution is 0.102. The van der Waals surface area contributed by atoms with Crippen molar-refractivity contribution < 1.29 is 9.18 Å². The second kappa shape index (κ2) is 5.09. The van der Waals surface area contributed by atoms with E-state index in [1.807, 2.05) is 0 Å². The van der Waals surface area contributed by atoms with Gasteiger partial charge in [0, 0.05) is 11.6 Å². The number of rotatable bonds is 2. The van der Waals surface area contributed by atoms with Gasteiger partial charge < -0.3 is 5.32 Å². The molecule has 2 rings (SSSR count). The molecule has 92 valence electrons. The Morgan fingerprint density at radius 1 is 1.33 bits per heavy atom. The fourth-order valence-corrected chi connectivity index (χ4v) is 1.49. The molecule has 0 aliphatic heterocycles. The van der Waals surface area contributed by atoms with Gasteiger partial charge in [0.25, 0.3) is 11.5 Å². The molecule has 0 fully saturated rings. The summed E-state index contributed by atoms with van der Waals surface area (Å²) in [6.07, 6.45) is 0. The van der Waals surface area contributed by atoms with Crippen molar-refractivity contribution >= 4 is 27.7 Å². The van der Waals surface area contributed by atoms with Crippen molar-refractivity contribution in [2.75, 3.05) is 5.32 Å². The predicted molar refractivity (Wildman–Crippen MR) is 66.9 cm³/mol. The number of hydrogen-bond donors (Lipinski definition) is 2. The van der Waals surface area contributed by atoms with Crippen molar-refractivity contribution in [3.63, 3.8) is 0 Å². The summed E-state index contributed by atoms with van der Waals surface area (Å²) in [5.41, 5.74) is -0.216. The maximum atomic E-state index is 13.2. The van der Waals surface area contributed by atoms with Gasteiger partial charge >= 0.3 is 0 Å². The first-order chi connectivity index (χ1) is 8.56. The van der Waals surface area contributed by atoms with E-state index in [0.29, 0.717) is 0 Å². The standard InChI is InChI=1S/C11H7BrFN3O2/c12-7-2-1-6(5-8(7)13)11(18)14-9-3-4-10(17)16-15-9/h1-5H,(H,16,17)(H,14,15,18). The van der Waals surface area contributed by atoms with Gasteiger partial charge in [-0.2, -0.15) is 5.10 Å². The Morgan fingerprint density at radius 3 is 2.72 bits per heavy atom. The van der Waals surface area contributed by atoms with E-state index in [9.17, 15) is 14.0 Å². The van der Waals surface area contributed by atoms with Gasteiger partial charge in [-0.15, -0.1) is 0 Å². The van der Waals surface area contributed by atoms with E-state index < -0.39 is 11.7 Å². The first kappa shape index (κ1) is 12.4. The minimum absolute atomic E-state index is 0.156. The maximum Gasteiger partial charge on any atom is 0.264 e. The molecule has 1 aromatic carbocycles. The SMILES string of the molecule is O=C(Nc1ccc(=O)[nH]n1)c1ccc(Br)c(F)c1. The molecule has 0 saturated heterocycles. The van der Waals surface area contributed by atoms with Crippen LogP contribution < -0.4 is 10.9 Å². The summed E-state index contributed by atoms with van der Waals surface area (Å²) in [4.78, 5) is 22.5. The molecule has 0 radical (unpaired) electrons. The highest BCUT2D eigenvalue weighted by atomic mass is 79.9. The molecule has 0 aliphatic carbocycles.